The number of esters is 2. The summed E-state index contributed by atoms with van der Waals surface area (Å²) in [5.41, 5.74) is 0.850. The van der Waals surface area contributed by atoms with E-state index in [0.717, 1.165) is 37.8 Å². The van der Waals surface area contributed by atoms with Crippen molar-refractivity contribution in [3.05, 3.63) is 30.0 Å². The number of sulfone groups is 1. The number of nitrogens with zero attached hydrogens (tertiary/aromatic N) is 1. The molecule has 2 aliphatic heterocycles. The summed E-state index contributed by atoms with van der Waals surface area (Å²) < 4.78 is 35.9. The minimum atomic E-state index is -3.60. The van der Waals surface area contributed by atoms with Crippen molar-refractivity contribution in [2.45, 2.75) is 62.9 Å². The Morgan fingerprint density at radius 1 is 1.07 bits per heavy atom. The molecule has 164 valence electrons. The molecule has 9 heteroatoms. The number of carbonyl (C=O) groups is 2. The van der Waals surface area contributed by atoms with E-state index in [1.54, 1.807) is 32.0 Å². The van der Waals surface area contributed by atoms with E-state index < -0.39 is 32.8 Å². The van der Waals surface area contributed by atoms with E-state index in [9.17, 15) is 18.0 Å². The smallest absolute Gasteiger partial charge is 0.350 e. The van der Waals surface area contributed by atoms with Crippen molar-refractivity contribution in [3.8, 4) is 0 Å². The van der Waals surface area contributed by atoms with Gasteiger partial charge in [0.05, 0.1) is 15.8 Å². The number of piperidine rings is 1. The van der Waals surface area contributed by atoms with Crippen LogP contribution in [0.2, 0.25) is 0 Å². The van der Waals surface area contributed by atoms with Crippen molar-refractivity contribution in [2.24, 2.45) is 0 Å². The molecule has 1 N–H and O–H groups in total. The highest BCUT2D eigenvalue weighted by molar-refractivity contribution is 7.92. The Labute approximate surface area is 177 Å². The Bertz CT molecular complexity index is 953. The highest BCUT2D eigenvalue weighted by Crippen LogP contribution is 2.32. The molecule has 2 saturated heterocycles. The molecule has 30 heavy (non-hydrogen) atoms. The average Bonchev–Trinajstić information content (AvgIpc) is 2.66. The van der Waals surface area contributed by atoms with Gasteiger partial charge in [-0.1, -0.05) is 0 Å². The molecule has 2 heterocycles. The van der Waals surface area contributed by atoms with Crippen LogP contribution in [-0.4, -0.2) is 44.5 Å². The number of benzene rings is 1. The quantitative estimate of drug-likeness (QED) is 0.427. The van der Waals surface area contributed by atoms with Crippen LogP contribution in [0, 0.1) is 0 Å². The largest absolute Gasteiger partial charge is 0.419 e. The van der Waals surface area contributed by atoms with E-state index in [2.05, 4.69) is 10.2 Å². The molecule has 0 aromatic heterocycles. The number of hydrogen-bond acceptors (Lipinski definition) is 8. The minimum absolute atomic E-state index is 0.105. The van der Waals surface area contributed by atoms with E-state index in [0.29, 0.717) is 5.69 Å². The van der Waals surface area contributed by atoms with E-state index >= 15 is 0 Å². The third-order valence-electron chi connectivity index (χ3n) is 5.10. The SMILES string of the molecule is CC(C)S(=O)(=O)c1ccc(N2CCCCC2)cc1NC=C1C(=O)OC(C)(C)OC1=O. The van der Waals surface area contributed by atoms with Gasteiger partial charge in [-0.05, 0) is 51.3 Å². The number of rotatable bonds is 5. The van der Waals surface area contributed by atoms with Crippen molar-refractivity contribution in [3.63, 3.8) is 0 Å². The zero-order valence-electron chi connectivity index (χ0n) is 17.7. The van der Waals surface area contributed by atoms with Crippen LogP contribution in [0.1, 0.15) is 47.0 Å². The molecule has 3 rings (SSSR count). The lowest BCUT2D eigenvalue weighted by Crippen LogP contribution is -2.42. The number of hydrogen-bond donors (Lipinski definition) is 1. The van der Waals surface area contributed by atoms with Gasteiger partial charge in [0.25, 0.3) is 5.79 Å². The summed E-state index contributed by atoms with van der Waals surface area (Å²) >= 11 is 0. The normalized spacial score (nSPS) is 19.4. The Hall–Kier alpha value is -2.55. The second kappa shape index (κ2) is 8.29. The zero-order chi connectivity index (χ0) is 22.1. The van der Waals surface area contributed by atoms with Gasteiger partial charge in [-0.2, -0.15) is 0 Å². The van der Waals surface area contributed by atoms with E-state index in [4.69, 9.17) is 9.47 Å². The maximum absolute atomic E-state index is 12.8. The first-order chi connectivity index (χ1) is 14.0. The summed E-state index contributed by atoms with van der Waals surface area (Å²) in [6, 6.07) is 5.10. The maximum atomic E-state index is 12.8. The molecule has 1 aromatic carbocycles. The summed E-state index contributed by atoms with van der Waals surface area (Å²) in [7, 11) is -3.60. The molecule has 0 saturated carbocycles. The maximum Gasteiger partial charge on any atom is 0.350 e. The van der Waals surface area contributed by atoms with Crippen LogP contribution in [0.15, 0.2) is 34.9 Å². The molecule has 1 aromatic rings. The van der Waals surface area contributed by atoms with Crippen LogP contribution in [0.5, 0.6) is 0 Å². The fourth-order valence-corrected chi connectivity index (χ4v) is 4.60. The lowest BCUT2D eigenvalue weighted by atomic mass is 10.1. The van der Waals surface area contributed by atoms with E-state index in [1.165, 1.54) is 20.3 Å². The van der Waals surface area contributed by atoms with Crippen molar-refractivity contribution >= 4 is 33.2 Å². The van der Waals surface area contributed by atoms with Gasteiger partial charge in [0, 0.05) is 38.8 Å². The lowest BCUT2D eigenvalue weighted by Gasteiger charge is -2.30. The van der Waals surface area contributed by atoms with Gasteiger partial charge in [-0.3, -0.25) is 0 Å². The third kappa shape index (κ3) is 4.61. The molecule has 2 aliphatic rings. The van der Waals surface area contributed by atoms with Crippen molar-refractivity contribution in [1.29, 1.82) is 0 Å². The van der Waals surface area contributed by atoms with Crippen LogP contribution in [0.3, 0.4) is 0 Å². The van der Waals surface area contributed by atoms with E-state index in [1.807, 2.05) is 0 Å². The molecule has 2 fully saturated rings. The van der Waals surface area contributed by atoms with Crippen molar-refractivity contribution in [2.75, 3.05) is 23.3 Å². The van der Waals surface area contributed by atoms with Crippen LogP contribution >= 0.6 is 0 Å². The van der Waals surface area contributed by atoms with Crippen LogP contribution in [0.4, 0.5) is 11.4 Å². The van der Waals surface area contributed by atoms with Crippen molar-refractivity contribution < 1.29 is 27.5 Å². The Balaban J connectivity index is 1.98. The fraction of sp³-hybridized carbons (Fsp3) is 0.524. The molecule has 0 amide bonds. The van der Waals surface area contributed by atoms with Gasteiger partial charge in [0.1, 0.15) is 0 Å². The summed E-state index contributed by atoms with van der Waals surface area (Å²) in [5, 5.41) is 2.21. The lowest BCUT2D eigenvalue weighted by molar-refractivity contribution is -0.222. The monoisotopic (exact) mass is 436 g/mol. The van der Waals surface area contributed by atoms with Gasteiger partial charge < -0.3 is 19.7 Å². The topological polar surface area (TPSA) is 102 Å². The third-order valence-corrected chi connectivity index (χ3v) is 7.31. The summed E-state index contributed by atoms with van der Waals surface area (Å²) in [4.78, 5) is 26.7. The summed E-state index contributed by atoms with van der Waals surface area (Å²) in [6.45, 7) is 7.92. The molecule has 0 aliphatic carbocycles. The zero-order valence-corrected chi connectivity index (χ0v) is 18.5. The van der Waals surface area contributed by atoms with Crippen LogP contribution < -0.4 is 10.2 Å². The molecule has 0 radical (unpaired) electrons. The highest BCUT2D eigenvalue weighted by atomic mass is 32.2. The molecular formula is C21H28N2O6S. The Morgan fingerprint density at radius 3 is 2.23 bits per heavy atom. The number of nitrogens with one attached hydrogen (secondary N) is 1. The molecule has 0 bridgehead atoms. The molecule has 0 unspecified atom stereocenters. The Morgan fingerprint density at radius 2 is 1.67 bits per heavy atom. The first-order valence-electron chi connectivity index (χ1n) is 10.1. The molecular weight excluding hydrogens is 408 g/mol. The van der Waals surface area contributed by atoms with Gasteiger partial charge in [0.15, 0.2) is 15.4 Å². The number of cyclic esters (lactones) is 2. The minimum Gasteiger partial charge on any atom is -0.419 e. The highest BCUT2D eigenvalue weighted by Gasteiger charge is 2.39. The predicted octanol–water partition coefficient (Wildman–Crippen LogP) is 2.99. The van der Waals surface area contributed by atoms with Crippen molar-refractivity contribution in [1.82, 2.24) is 0 Å². The summed E-state index contributed by atoms with van der Waals surface area (Å²) in [5.74, 6) is -3.00. The summed E-state index contributed by atoms with van der Waals surface area (Å²) in [6.07, 6.45) is 4.47. The van der Waals surface area contributed by atoms with Crippen LogP contribution in [-0.2, 0) is 28.9 Å². The molecule has 8 nitrogen and oxygen atoms in total. The Kier molecular flexibility index (Phi) is 6.12. The number of ether oxygens (including phenoxy) is 2. The van der Waals surface area contributed by atoms with Gasteiger partial charge in [0.2, 0.25) is 0 Å². The first-order valence-corrected chi connectivity index (χ1v) is 11.6. The number of carbonyl (C=O) groups excluding carboxylic acids is 2. The average molecular weight is 437 g/mol. The van der Waals surface area contributed by atoms with Gasteiger partial charge >= 0.3 is 11.9 Å². The standard InChI is InChI=1S/C21H28N2O6S/c1-14(2)30(26,27)18-9-8-15(23-10-6-5-7-11-23)12-17(18)22-13-16-19(24)28-21(3,4)29-20(16)25/h8-9,12-14,22H,5-7,10-11H2,1-4H3. The molecule has 0 atom stereocenters. The first kappa shape index (κ1) is 22.1. The molecule has 0 spiro atoms. The van der Waals surface area contributed by atoms with Gasteiger partial charge in [-0.15, -0.1) is 0 Å². The van der Waals surface area contributed by atoms with Crippen LogP contribution in [0.25, 0.3) is 0 Å². The second-order valence-corrected chi connectivity index (χ2v) is 10.7. The van der Waals surface area contributed by atoms with Gasteiger partial charge in [-0.25, -0.2) is 18.0 Å². The predicted molar refractivity (Wildman–Crippen MR) is 113 cm³/mol. The number of anilines is 2. The fourth-order valence-electron chi connectivity index (χ4n) is 3.41. The van der Waals surface area contributed by atoms with E-state index in [-0.39, 0.29) is 10.5 Å². The second-order valence-electron chi connectivity index (χ2n) is 8.20.